The zero-order chi connectivity index (χ0) is 10.7. The fraction of sp³-hybridized carbons (Fsp3) is 0.222. The van der Waals surface area contributed by atoms with Crippen molar-refractivity contribution < 1.29 is 0 Å². The standard InChI is InChI=1S/C9H12N6/c1-10-9-11-4-3-8(14-9)13-7-5-12-15(2)6-7/h3-6H,1-2H3,(H2,10,11,13,14). The molecule has 78 valence electrons. The van der Waals surface area contributed by atoms with Crippen molar-refractivity contribution in [1.29, 1.82) is 0 Å². The Labute approximate surface area is 87.4 Å². The van der Waals surface area contributed by atoms with Gasteiger partial charge < -0.3 is 10.6 Å². The first-order chi connectivity index (χ1) is 7.28. The SMILES string of the molecule is CNc1nccc(Nc2cnn(C)c2)n1. The number of anilines is 3. The van der Waals surface area contributed by atoms with E-state index >= 15 is 0 Å². The smallest absolute Gasteiger partial charge is 0.224 e. The highest BCUT2D eigenvalue weighted by Gasteiger charge is 1.99. The second-order valence-corrected chi connectivity index (χ2v) is 3.04. The van der Waals surface area contributed by atoms with E-state index in [0.717, 1.165) is 11.5 Å². The van der Waals surface area contributed by atoms with E-state index in [4.69, 9.17) is 0 Å². The molecule has 0 aliphatic rings. The van der Waals surface area contributed by atoms with Crippen LogP contribution >= 0.6 is 0 Å². The maximum Gasteiger partial charge on any atom is 0.224 e. The molecule has 0 saturated carbocycles. The number of hydrogen-bond donors (Lipinski definition) is 2. The summed E-state index contributed by atoms with van der Waals surface area (Å²) >= 11 is 0. The quantitative estimate of drug-likeness (QED) is 0.780. The topological polar surface area (TPSA) is 67.7 Å². The molecule has 0 atom stereocenters. The summed E-state index contributed by atoms with van der Waals surface area (Å²) in [5.41, 5.74) is 0.901. The molecule has 0 radical (unpaired) electrons. The van der Waals surface area contributed by atoms with Gasteiger partial charge in [-0.2, -0.15) is 10.1 Å². The Balaban J connectivity index is 2.16. The summed E-state index contributed by atoms with van der Waals surface area (Å²) in [7, 11) is 3.65. The van der Waals surface area contributed by atoms with Crippen molar-refractivity contribution in [2.75, 3.05) is 17.7 Å². The van der Waals surface area contributed by atoms with E-state index in [0.29, 0.717) is 5.95 Å². The van der Waals surface area contributed by atoms with Crippen LogP contribution in [-0.4, -0.2) is 26.8 Å². The third kappa shape index (κ3) is 2.22. The minimum atomic E-state index is 0.587. The summed E-state index contributed by atoms with van der Waals surface area (Å²) in [6.07, 6.45) is 5.31. The van der Waals surface area contributed by atoms with E-state index in [1.807, 2.05) is 13.2 Å². The zero-order valence-electron chi connectivity index (χ0n) is 8.60. The maximum absolute atomic E-state index is 4.23. The summed E-state index contributed by atoms with van der Waals surface area (Å²) in [5, 5.41) is 10.1. The lowest BCUT2D eigenvalue weighted by molar-refractivity contribution is 0.768. The van der Waals surface area contributed by atoms with Crippen LogP contribution in [0.25, 0.3) is 0 Å². The third-order valence-electron chi connectivity index (χ3n) is 1.86. The van der Waals surface area contributed by atoms with Crippen LogP contribution in [0.3, 0.4) is 0 Å². The molecule has 0 amide bonds. The van der Waals surface area contributed by atoms with Gasteiger partial charge in [0.25, 0.3) is 0 Å². The number of nitrogens with zero attached hydrogens (tertiary/aromatic N) is 4. The zero-order valence-corrected chi connectivity index (χ0v) is 8.60. The summed E-state index contributed by atoms with van der Waals surface area (Å²) in [6, 6.07) is 1.80. The highest BCUT2D eigenvalue weighted by molar-refractivity contribution is 5.54. The number of hydrogen-bond acceptors (Lipinski definition) is 5. The minimum absolute atomic E-state index is 0.587. The molecular formula is C9H12N6. The Hall–Kier alpha value is -2.11. The molecule has 0 spiro atoms. The van der Waals surface area contributed by atoms with Crippen LogP contribution in [0.2, 0.25) is 0 Å². The molecule has 0 aliphatic heterocycles. The Morgan fingerprint density at radius 3 is 2.93 bits per heavy atom. The van der Waals surface area contributed by atoms with Crippen molar-refractivity contribution in [3.8, 4) is 0 Å². The first kappa shape index (κ1) is 9.45. The summed E-state index contributed by atoms with van der Waals surface area (Å²) < 4.78 is 1.72. The highest BCUT2D eigenvalue weighted by atomic mass is 15.3. The normalized spacial score (nSPS) is 10.0. The molecule has 0 unspecified atom stereocenters. The fourth-order valence-electron chi connectivity index (χ4n) is 1.18. The second kappa shape index (κ2) is 3.95. The lowest BCUT2D eigenvalue weighted by Gasteiger charge is -2.03. The molecule has 6 nitrogen and oxygen atoms in total. The van der Waals surface area contributed by atoms with Gasteiger partial charge in [-0.25, -0.2) is 4.98 Å². The Kier molecular flexibility index (Phi) is 2.49. The first-order valence-corrected chi connectivity index (χ1v) is 4.54. The van der Waals surface area contributed by atoms with Crippen molar-refractivity contribution in [1.82, 2.24) is 19.7 Å². The molecule has 2 aromatic heterocycles. The van der Waals surface area contributed by atoms with Gasteiger partial charge in [-0.15, -0.1) is 0 Å². The lowest BCUT2D eigenvalue weighted by Crippen LogP contribution is -1.99. The van der Waals surface area contributed by atoms with Crippen molar-refractivity contribution in [3.05, 3.63) is 24.7 Å². The van der Waals surface area contributed by atoms with Crippen LogP contribution in [0, 0.1) is 0 Å². The number of nitrogens with one attached hydrogen (secondary N) is 2. The van der Waals surface area contributed by atoms with E-state index in [-0.39, 0.29) is 0 Å². The van der Waals surface area contributed by atoms with Crippen molar-refractivity contribution in [2.45, 2.75) is 0 Å². The Morgan fingerprint density at radius 2 is 2.27 bits per heavy atom. The molecular weight excluding hydrogens is 192 g/mol. The van der Waals surface area contributed by atoms with Gasteiger partial charge in [-0.1, -0.05) is 0 Å². The molecule has 0 aliphatic carbocycles. The van der Waals surface area contributed by atoms with Crippen LogP contribution in [0.4, 0.5) is 17.5 Å². The molecule has 0 aromatic carbocycles. The van der Waals surface area contributed by atoms with Crippen LogP contribution in [0.15, 0.2) is 24.7 Å². The largest absolute Gasteiger partial charge is 0.357 e. The summed E-state index contributed by atoms with van der Waals surface area (Å²) in [4.78, 5) is 8.25. The molecule has 2 aromatic rings. The van der Waals surface area contributed by atoms with Gasteiger partial charge >= 0.3 is 0 Å². The van der Waals surface area contributed by atoms with Crippen LogP contribution in [0.1, 0.15) is 0 Å². The number of rotatable bonds is 3. The molecule has 0 fully saturated rings. The molecule has 2 N–H and O–H groups in total. The summed E-state index contributed by atoms with van der Waals surface area (Å²) in [6.45, 7) is 0. The van der Waals surface area contributed by atoms with Crippen molar-refractivity contribution >= 4 is 17.5 Å². The number of aryl methyl sites for hydroxylation is 1. The van der Waals surface area contributed by atoms with E-state index in [9.17, 15) is 0 Å². The van der Waals surface area contributed by atoms with Gasteiger partial charge in [-0.3, -0.25) is 4.68 Å². The van der Waals surface area contributed by atoms with E-state index in [1.54, 1.807) is 30.2 Å². The second-order valence-electron chi connectivity index (χ2n) is 3.04. The van der Waals surface area contributed by atoms with E-state index in [1.165, 1.54) is 0 Å². The van der Waals surface area contributed by atoms with Gasteiger partial charge in [0.1, 0.15) is 5.82 Å². The predicted molar refractivity (Wildman–Crippen MR) is 58.1 cm³/mol. The lowest BCUT2D eigenvalue weighted by atomic mass is 10.5. The van der Waals surface area contributed by atoms with Crippen LogP contribution < -0.4 is 10.6 Å². The van der Waals surface area contributed by atoms with Crippen molar-refractivity contribution in [3.63, 3.8) is 0 Å². The molecule has 2 heterocycles. The van der Waals surface area contributed by atoms with Crippen LogP contribution in [-0.2, 0) is 7.05 Å². The molecule has 0 saturated heterocycles. The predicted octanol–water partition coefficient (Wildman–Crippen LogP) is 0.995. The minimum Gasteiger partial charge on any atom is -0.357 e. The Morgan fingerprint density at radius 1 is 1.40 bits per heavy atom. The number of aromatic nitrogens is 4. The monoisotopic (exact) mass is 204 g/mol. The maximum atomic E-state index is 4.23. The van der Waals surface area contributed by atoms with Gasteiger partial charge in [0.15, 0.2) is 0 Å². The van der Waals surface area contributed by atoms with Gasteiger partial charge in [-0.05, 0) is 6.07 Å². The van der Waals surface area contributed by atoms with Gasteiger partial charge in [0.05, 0.1) is 11.9 Å². The fourth-order valence-corrected chi connectivity index (χ4v) is 1.18. The molecule has 2 rings (SSSR count). The van der Waals surface area contributed by atoms with Gasteiger partial charge in [0, 0.05) is 26.5 Å². The Bertz CT molecular complexity index is 449. The summed E-state index contributed by atoms with van der Waals surface area (Å²) in [5.74, 6) is 1.33. The molecule has 15 heavy (non-hydrogen) atoms. The van der Waals surface area contributed by atoms with Gasteiger partial charge in [0.2, 0.25) is 5.95 Å². The third-order valence-corrected chi connectivity index (χ3v) is 1.86. The van der Waals surface area contributed by atoms with Crippen LogP contribution in [0.5, 0.6) is 0 Å². The molecule has 0 bridgehead atoms. The molecule has 6 heteroatoms. The first-order valence-electron chi connectivity index (χ1n) is 4.54. The average Bonchev–Trinajstić information content (AvgIpc) is 2.64. The average molecular weight is 204 g/mol. The van der Waals surface area contributed by atoms with E-state index < -0.39 is 0 Å². The highest BCUT2D eigenvalue weighted by Crippen LogP contribution is 2.13. The van der Waals surface area contributed by atoms with E-state index in [2.05, 4.69) is 25.7 Å². The van der Waals surface area contributed by atoms with Crippen molar-refractivity contribution in [2.24, 2.45) is 7.05 Å².